The number of carboxylic acids is 1. The first-order valence-electron chi connectivity index (χ1n) is 10.3. The van der Waals surface area contributed by atoms with Crippen LogP contribution in [0.2, 0.25) is 0 Å². The standard InChI is InChI=1S/C26H23NO5/c28-25(13-8-18-6-9-20(10-7-18)19-4-2-1-3-5-19)27-22(17-26(29)30)21-11-12-23-24(16-21)32-15-14-31-23/h1-13,16,22H,14-15,17H2,(H,27,28)(H,29,30). The predicted octanol–water partition coefficient (Wildman–Crippen LogP) is 4.47. The largest absolute Gasteiger partial charge is 0.486 e. The molecule has 6 nitrogen and oxygen atoms in total. The highest BCUT2D eigenvalue weighted by Crippen LogP contribution is 2.33. The molecular formula is C26H23NO5. The van der Waals surface area contributed by atoms with E-state index in [4.69, 9.17) is 9.47 Å². The van der Waals surface area contributed by atoms with E-state index in [2.05, 4.69) is 5.32 Å². The molecule has 0 aliphatic carbocycles. The van der Waals surface area contributed by atoms with E-state index in [9.17, 15) is 14.7 Å². The molecule has 3 aromatic carbocycles. The smallest absolute Gasteiger partial charge is 0.305 e. The minimum absolute atomic E-state index is 0.245. The maximum atomic E-state index is 12.5. The fourth-order valence-corrected chi connectivity index (χ4v) is 3.51. The predicted molar refractivity (Wildman–Crippen MR) is 121 cm³/mol. The highest BCUT2D eigenvalue weighted by Gasteiger charge is 2.20. The third-order valence-electron chi connectivity index (χ3n) is 5.11. The molecule has 4 rings (SSSR count). The van der Waals surface area contributed by atoms with Crippen LogP contribution in [-0.4, -0.2) is 30.2 Å². The van der Waals surface area contributed by atoms with Gasteiger partial charge in [0.1, 0.15) is 13.2 Å². The van der Waals surface area contributed by atoms with Crippen LogP contribution in [0.3, 0.4) is 0 Å². The van der Waals surface area contributed by atoms with Gasteiger partial charge in [0.25, 0.3) is 0 Å². The molecule has 0 fully saturated rings. The molecule has 0 saturated carbocycles. The van der Waals surface area contributed by atoms with Crippen molar-refractivity contribution >= 4 is 18.0 Å². The maximum absolute atomic E-state index is 12.5. The van der Waals surface area contributed by atoms with Crippen molar-refractivity contribution in [2.24, 2.45) is 0 Å². The number of benzene rings is 3. The van der Waals surface area contributed by atoms with Gasteiger partial charge in [-0.2, -0.15) is 0 Å². The van der Waals surface area contributed by atoms with Crippen molar-refractivity contribution in [2.75, 3.05) is 13.2 Å². The average Bonchev–Trinajstić information content (AvgIpc) is 2.82. The Balaban J connectivity index is 1.44. The zero-order valence-electron chi connectivity index (χ0n) is 17.4. The zero-order chi connectivity index (χ0) is 22.3. The minimum atomic E-state index is -1.01. The number of carboxylic acid groups (broad SMARTS) is 1. The van der Waals surface area contributed by atoms with E-state index in [1.807, 2.05) is 54.6 Å². The van der Waals surface area contributed by atoms with Crippen LogP contribution in [0.5, 0.6) is 11.5 Å². The Kier molecular flexibility index (Phi) is 6.51. The molecule has 1 unspecified atom stereocenters. The van der Waals surface area contributed by atoms with Gasteiger partial charge >= 0.3 is 5.97 Å². The Morgan fingerprint density at radius 3 is 2.31 bits per heavy atom. The molecule has 162 valence electrons. The van der Waals surface area contributed by atoms with Crippen molar-refractivity contribution in [3.8, 4) is 22.6 Å². The fraction of sp³-hybridized carbons (Fsp3) is 0.154. The Hall–Kier alpha value is -4.06. The number of aliphatic carboxylic acids is 1. The van der Waals surface area contributed by atoms with Gasteiger partial charge in [-0.05, 0) is 40.5 Å². The first-order chi connectivity index (χ1) is 15.6. The van der Waals surface area contributed by atoms with Gasteiger partial charge in [-0.25, -0.2) is 0 Å². The van der Waals surface area contributed by atoms with Gasteiger partial charge < -0.3 is 19.9 Å². The van der Waals surface area contributed by atoms with Crippen LogP contribution < -0.4 is 14.8 Å². The summed E-state index contributed by atoms with van der Waals surface area (Å²) < 4.78 is 11.1. The van der Waals surface area contributed by atoms with Crippen LogP contribution in [0.15, 0.2) is 78.9 Å². The minimum Gasteiger partial charge on any atom is -0.486 e. The second-order valence-electron chi connectivity index (χ2n) is 7.38. The maximum Gasteiger partial charge on any atom is 0.305 e. The van der Waals surface area contributed by atoms with Crippen molar-refractivity contribution in [1.29, 1.82) is 0 Å². The van der Waals surface area contributed by atoms with E-state index < -0.39 is 12.0 Å². The van der Waals surface area contributed by atoms with Crippen molar-refractivity contribution < 1.29 is 24.2 Å². The summed E-state index contributed by atoms with van der Waals surface area (Å²) in [6.07, 6.45) is 2.86. The summed E-state index contributed by atoms with van der Waals surface area (Å²) in [5.74, 6) is -0.226. The normalized spacial score (nSPS) is 13.5. The number of carbonyl (C=O) groups excluding carboxylic acids is 1. The number of ether oxygens (including phenoxy) is 2. The Morgan fingerprint density at radius 2 is 1.59 bits per heavy atom. The zero-order valence-corrected chi connectivity index (χ0v) is 17.4. The van der Waals surface area contributed by atoms with Crippen LogP contribution in [0.4, 0.5) is 0 Å². The lowest BCUT2D eigenvalue weighted by Gasteiger charge is -2.22. The van der Waals surface area contributed by atoms with Crippen LogP contribution >= 0.6 is 0 Å². The van der Waals surface area contributed by atoms with Crippen molar-refractivity contribution in [3.05, 3.63) is 90.0 Å². The number of nitrogens with one attached hydrogen (secondary N) is 1. The van der Waals surface area contributed by atoms with Gasteiger partial charge in [0.05, 0.1) is 12.5 Å². The molecule has 0 spiro atoms. The van der Waals surface area contributed by atoms with Crippen molar-refractivity contribution in [1.82, 2.24) is 5.32 Å². The molecule has 6 heteroatoms. The second-order valence-corrected chi connectivity index (χ2v) is 7.38. The third kappa shape index (κ3) is 5.35. The molecule has 1 aliphatic heterocycles. The topological polar surface area (TPSA) is 84.9 Å². The SMILES string of the molecule is O=C(O)CC(NC(=O)C=Cc1ccc(-c2ccccc2)cc1)c1ccc2c(c1)OCCO2. The molecule has 1 aliphatic rings. The molecule has 32 heavy (non-hydrogen) atoms. The molecular weight excluding hydrogens is 406 g/mol. The van der Waals surface area contributed by atoms with E-state index in [1.54, 1.807) is 24.3 Å². The Morgan fingerprint density at radius 1 is 0.906 bits per heavy atom. The Labute approximate surface area is 186 Å². The molecule has 1 atom stereocenters. The number of fused-ring (bicyclic) bond motifs is 1. The van der Waals surface area contributed by atoms with Gasteiger partial charge in [-0.3, -0.25) is 9.59 Å². The fourth-order valence-electron chi connectivity index (χ4n) is 3.51. The molecule has 1 heterocycles. The number of carbonyl (C=O) groups is 2. The first kappa shape index (κ1) is 21.2. The summed E-state index contributed by atoms with van der Waals surface area (Å²) >= 11 is 0. The summed E-state index contributed by atoms with van der Waals surface area (Å²) in [5, 5.41) is 12.1. The number of hydrogen-bond donors (Lipinski definition) is 2. The van der Waals surface area contributed by atoms with Crippen LogP contribution in [0.1, 0.15) is 23.6 Å². The molecule has 0 aromatic heterocycles. The molecule has 2 N–H and O–H groups in total. The lowest BCUT2D eigenvalue weighted by Crippen LogP contribution is -2.29. The van der Waals surface area contributed by atoms with E-state index in [0.29, 0.717) is 30.3 Å². The lowest BCUT2D eigenvalue weighted by atomic mass is 10.0. The monoisotopic (exact) mass is 429 g/mol. The number of amides is 1. The van der Waals surface area contributed by atoms with Gasteiger partial charge in [-0.15, -0.1) is 0 Å². The Bertz CT molecular complexity index is 1120. The van der Waals surface area contributed by atoms with Crippen molar-refractivity contribution in [3.63, 3.8) is 0 Å². The van der Waals surface area contributed by atoms with E-state index in [1.165, 1.54) is 6.08 Å². The molecule has 0 radical (unpaired) electrons. The third-order valence-corrected chi connectivity index (χ3v) is 5.11. The quantitative estimate of drug-likeness (QED) is 0.542. The van der Waals surface area contributed by atoms with E-state index in [0.717, 1.165) is 16.7 Å². The lowest BCUT2D eigenvalue weighted by molar-refractivity contribution is -0.137. The van der Waals surface area contributed by atoms with Crippen LogP contribution in [0, 0.1) is 0 Å². The first-order valence-corrected chi connectivity index (χ1v) is 10.3. The van der Waals surface area contributed by atoms with E-state index in [-0.39, 0.29) is 12.3 Å². The summed E-state index contributed by atoms with van der Waals surface area (Å²) in [6.45, 7) is 0.900. The van der Waals surface area contributed by atoms with E-state index >= 15 is 0 Å². The summed E-state index contributed by atoms with van der Waals surface area (Å²) in [4.78, 5) is 23.9. The van der Waals surface area contributed by atoms with Gasteiger partial charge in [0.15, 0.2) is 11.5 Å². The summed E-state index contributed by atoms with van der Waals surface area (Å²) in [5.41, 5.74) is 3.73. The van der Waals surface area contributed by atoms with Crippen LogP contribution in [0.25, 0.3) is 17.2 Å². The number of hydrogen-bond acceptors (Lipinski definition) is 4. The highest BCUT2D eigenvalue weighted by molar-refractivity contribution is 5.92. The summed E-state index contributed by atoms with van der Waals surface area (Å²) in [6, 6.07) is 22.4. The average molecular weight is 429 g/mol. The second kappa shape index (κ2) is 9.83. The van der Waals surface area contributed by atoms with Gasteiger partial charge in [0.2, 0.25) is 5.91 Å². The van der Waals surface area contributed by atoms with Crippen LogP contribution in [-0.2, 0) is 9.59 Å². The molecule has 0 bridgehead atoms. The molecule has 1 amide bonds. The van der Waals surface area contributed by atoms with Crippen molar-refractivity contribution in [2.45, 2.75) is 12.5 Å². The molecule has 3 aromatic rings. The number of rotatable bonds is 7. The molecule has 0 saturated heterocycles. The highest BCUT2D eigenvalue weighted by atomic mass is 16.6. The van der Waals surface area contributed by atoms with Gasteiger partial charge in [0, 0.05) is 6.08 Å². The summed E-state index contributed by atoms with van der Waals surface area (Å²) in [7, 11) is 0. The van der Waals surface area contributed by atoms with Gasteiger partial charge in [-0.1, -0.05) is 60.7 Å².